The van der Waals surface area contributed by atoms with Gasteiger partial charge in [0, 0.05) is 29.3 Å². The first-order valence-electron chi connectivity index (χ1n) is 12.7. The number of anilines is 3. The zero-order valence-corrected chi connectivity index (χ0v) is 24.4. The van der Waals surface area contributed by atoms with Gasteiger partial charge in [-0.3, -0.25) is 9.82 Å². The second-order valence-electron chi connectivity index (χ2n) is 10.5. The fraction of sp³-hybridized carbons (Fsp3) is 0.407. The fourth-order valence-electron chi connectivity index (χ4n) is 4.38. The van der Waals surface area contributed by atoms with Crippen LogP contribution >= 0.6 is 0 Å². The Morgan fingerprint density at radius 3 is 2.23 bits per heavy atom. The largest absolute Gasteiger partial charge is 0.495 e. The van der Waals surface area contributed by atoms with Crippen molar-refractivity contribution in [1.82, 2.24) is 20.3 Å². The van der Waals surface area contributed by atoms with Gasteiger partial charge in [-0.05, 0) is 64.5 Å². The number of hydrogen-bond acceptors (Lipinski definition) is 10. The lowest BCUT2D eigenvalue weighted by atomic mass is 9.92. The van der Waals surface area contributed by atoms with E-state index in [4.69, 9.17) is 18.7 Å². The maximum atomic E-state index is 13.7. The number of fused-ring (bicyclic) bond motifs is 1. The lowest BCUT2D eigenvalue weighted by molar-refractivity contribution is 0.196. The van der Waals surface area contributed by atoms with Gasteiger partial charge >= 0.3 is 0 Å². The van der Waals surface area contributed by atoms with Crippen molar-refractivity contribution >= 4 is 38.3 Å². The van der Waals surface area contributed by atoms with Crippen molar-refractivity contribution in [2.24, 2.45) is 0 Å². The molecule has 1 saturated carbocycles. The van der Waals surface area contributed by atoms with Crippen LogP contribution in [0, 0.1) is 0 Å². The third kappa shape index (κ3) is 5.02. The van der Waals surface area contributed by atoms with Crippen LogP contribution in [0.4, 0.5) is 17.3 Å². The minimum absolute atomic E-state index is 0.00237. The number of benzene rings is 2. The minimum Gasteiger partial charge on any atom is -0.495 e. The molecule has 1 fully saturated rings. The van der Waals surface area contributed by atoms with E-state index in [1.54, 1.807) is 24.3 Å². The third-order valence-corrected chi connectivity index (χ3v) is 8.86. The van der Waals surface area contributed by atoms with Crippen LogP contribution in [0.2, 0.25) is 0 Å². The monoisotopic (exact) mass is 570 g/mol. The van der Waals surface area contributed by atoms with Crippen LogP contribution in [-0.4, -0.2) is 64.1 Å². The molecule has 4 aromatic rings. The fourth-order valence-corrected chi connectivity index (χ4v) is 5.70. The van der Waals surface area contributed by atoms with Crippen LogP contribution in [0.1, 0.15) is 43.9 Å². The molecule has 0 spiro atoms. The maximum absolute atomic E-state index is 13.7. The molecule has 1 aliphatic carbocycles. The summed E-state index contributed by atoms with van der Waals surface area (Å²) < 4.78 is 52.1. The van der Waals surface area contributed by atoms with Gasteiger partial charge in [0.15, 0.2) is 22.1 Å². The van der Waals surface area contributed by atoms with Crippen LogP contribution in [0.3, 0.4) is 0 Å². The standard InChI is InChI=1S/C27H34N6O6S/c1-27(2,33(3)4)16-10-22(37-6)25(23(11-16)38-7)40(34,35)32-26-17-12-21(36-5)19(13-20(17)39-31-26)28-24-14-18(29-30-24)15-8-9-15/h10-15H,8-9H2,1-7H3,(H,31,32)(H2,28,29,30). The average Bonchev–Trinajstić information content (AvgIpc) is 3.56. The van der Waals surface area contributed by atoms with Gasteiger partial charge in [0.2, 0.25) is 0 Å². The molecule has 0 aliphatic heterocycles. The van der Waals surface area contributed by atoms with Crippen LogP contribution in [0.15, 0.2) is 39.8 Å². The van der Waals surface area contributed by atoms with Crippen molar-refractivity contribution in [3.63, 3.8) is 0 Å². The first-order chi connectivity index (χ1) is 19.0. The van der Waals surface area contributed by atoms with Crippen LogP contribution < -0.4 is 24.2 Å². The van der Waals surface area contributed by atoms with Crippen molar-refractivity contribution < 1.29 is 27.2 Å². The van der Waals surface area contributed by atoms with Crippen LogP contribution in [0.5, 0.6) is 17.2 Å². The van der Waals surface area contributed by atoms with E-state index < -0.39 is 15.6 Å². The lowest BCUT2D eigenvalue weighted by Crippen LogP contribution is -2.35. The first-order valence-corrected chi connectivity index (χ1v) is 14.2. The SMILES string of the molecule is COc1cc2c(NS(=O)(=O)c3c(OC)cc(C(C)(C)N(C)C)cc3OC)noc2cc1Nc1cc(C2CC2)[nH]n1. The summed E-state index contributed by atoms with van der Waals surface area (Å²) in [4.78, 5) is 1.87. The normalized spacial score (nSPS) is 14.0. The lowest BCUT2D eigenvalue weighted by Gasteiger charge is -2.34. The summed E-state index contributed by atoms with van der Waals surface area (Å²) in [5.41, 5.74) is 2.43. The summed E-state index contributed by atoms with van der Waals surface area (Å²) in [6.07, 6.45) is 2.31. The summed E-state index contributed by atoms with van der Waals surface area (Å²) in [5.74, 6) is 1.90. The molecular weight excluding hydrogens is 536 g/mol. The van der Waals surface area contributed by atoms with Crippen molar-refractivity contribution in [3.8, 4) is 17.2 Å². The highest BCUT2D eigenvalue weighted by molar-refractivity contribution is 7.93. The number of nitrogens with one attached hydrogen (secondary N) is 3. The number of aromatic amines is 1. The van der Waals surface area contributed by atoms with E-state index in [2.05, 4.69) is 25.4 Å². The molecule has 2 heterocycles. The molecule has 40 heavy (non-hydrogen) atoms. The maximum Gasteiger partial charge on any atom is 0.270 e. The zero-order chi connectivity index (χ0) is 28.8. The molecule has 13 heteroatoms. The summed E-state index contributed by atoms with van der Waals surface area (Å²) in [5, 5.41) is 15.0. The second kappa shape index (κ2) is 10.2. The summed E-state index contributed by atoms with van der Waals surface area (Å²) in [7, 11) is 4.01. The van der Waals surface area contributed by atoms with E-state index >= 15 is 0 Å². The molecular formula is C27H34N6O6S. The molecule has 5 rings (SSSR count). The van der Waals surface area contributed by atoms with Crippen LogP contribution in [-0.2, 0) is 15.6 Å². The van der Waals surface area contributed by atoms with Gasteiger partial charge < -0.3 is 29.0 Å². The van der Waals surface area contributed by atoms with Gasteiger partial charge in [0.25, 0.3) is 10.0 Å². The first kappa shape index (κ1) is 27.6. The van der Waals surface area contributed by atoms with E-state index in [-0.39, 0.29) is 22.2 Å². The molecule has 0 unspecified atom stereocenters. The average molecular weight is 571 g/mol. The van der Waals surface area contributed by atoms with Crippen molar-refractivity contribution in [1.29, 1.82) is 0 Å². The highest BCUT2D eigenvalue weighted by atomic mass is 32.2. The summed E-state index contributed by atoms with van der Waals surface area (Å²) in [6, 6.07) is 8.69. The minimum atomic E-state index is -4.23. The Kier molecular flexibility index (Phi) is 7.04. The van der Waals surface area contributed by atoms with E-state index in [1.165, 1.54) is 21.3 Å². The van der Waals surface area contributed by atoms with Gasteiger partial charge in [-0.1, -0.05) is 5.16 Å². The number of methoxy groups -OCH3 is 3. The van der Waals surface area contributed by atoms with E-state index in [9.17, 15) is 8.42 Å². The number of sulfonamides is 1. The smallest absolute Gasteiger partial charge is 0.270 e. The van der Waals surface area contributed by atoms with E-state index in [0.717, 1.165) is 24.1 Å². The molecule has 0 bridgehead atoms. The number of H-pyrrole nitrogens is 1. The Morgan fingerprint density at radius 2 is 1.65 bits per heavy atom. The molecule has 0 amide bonds. The Labute approximate surface area is 233 Å². The Bertz CT molecular complexity index is 1630. The molecule has 2 aromatic carbocycles. The third-order valence-electron chi connectivity index (χ3n) is 7.45. The van der Waals surface area contributed by atoms with Crippen molar-refractivity contribution in [2.45, 2.75) is 43.0 Å². The number of hydrogen-bond donors (Lipinski definition) is 3. The highest BCUT2D eigenvalue weighted by Gasteiger charge is 2.32. The Balaban J connectivity index is 1.49. The highest BCUT2D eigenvalue weighted by Crippen LogP contribution is 2.42. The van der Waals surface area contributed by atoms with Gasteiger partial charge in [-0.25, -0.2) is 8.42 Å². The number of rotatable bonds is 11. The molecule has 0 saturated heterocycles. The topological polar surface area (TPSA) is 144 Å². The molecule has 0 atom stereocenters. The molecule has 2 aromatic heterocycles. The van der Waals surface area contributed by atoms with Gasteiger partial charge in [0.05, 0.1) is 32.4 Å². The Morgan fingerprint density at radius 1 is 1.00 bits per heavy atom. The number of nitrogens with zero attached hydrogens (tertiary/aromatic N) is 3. The van der Waals surface area contributed by atoms with Crippen molar-refractivity contribution in [3.05, 3.63) is 41.6 Å². The number of ether oxygens (including phenoxy) is 3. The number of aromatic nitrogens is 3. The zero-order valence-electron chi connectivity index (χ0n) is 23.6. The van der Waals surface area contributed by atoms with Crippen molar-refractivity contribution in [2.75, 3.05) is 45.5 Å². The Hall–Kier alpha value is -3.97. The van der Waals surface area contributed by atoms with E-state index in [1.807, 2.05) is 38.9 Å². The molecule has 0 radical (unpaired) electrons. The molecule has 214 valence electrons. The quantitative estimate of drug-likeness (QED) is 0.230. The van der Waals surface area contributed by atoms with Gasteiger partial charge in [-0.15, -0.1) is 0 Å². The molecule has 3 N–H and O–H groups in total. The second-order valence-corrected chi connectivity index (χ2v) is 12.1. The summed E-state index contributed by atoms with van der Waals surface area (Å²) >= 11 is 0. The van der Waals surface area contributed by atoms with Gasteiger partial charge in [-0.2, -0.15) is 5.10 Å². The predicted molar refractivity (Wildman–Crippen MR) is 151 cm³/mol. The summed E-state index contributed by atoms with van der Waals surface area (Å²) in [6.45, 7) is 4.04. The van der Waals surface area contributed by atoms with E-state index in [0.29, 0.717) is 34.1 Å². The predicted octanol–water partition coefficient (Wildman–Crippen LogP) is 4.80. The molecule has 1 aliphatic rings. The molecule has 12 nitrogen and oxygen atoms in total. The van der Waals surface area contributed by atoms with Crippen LogP contribution in [0.25, 0.3) is 11.0 Å². The van der Waals surface area contributed by atoms with Gasteiger partial charge in [0.1, 0.15) is 17.2 Å².